The van der Waals surface area contributed by atoms with Crippen LogP contribution in [0, 0.1) is 20.8 Å². The Morgan fingerprint density at radius 2 is 1.89 bits per heavy atom. The summed E-state index contributed by atoms with van der Waals surface area (Å²) >= 11 is 0. The van der Waals surface area contributed by atoms with Gasteiger partial charge >= 0.3 is 0 Å². The Labute approximate surface area is 106 Å². The van der Waals surface area contributed by atoms with Gasteiger partial charge in [0.2, 0.25) is 0 Å². The summed E-state index contributed by atoms with van der Waals surface area (Å²) in [6, 6.07) is 7.47. The first kappa shape index (κ1) is 12.2. The maximum Gasteiger partial charge on any atom is 0.256 e. The number of benzene rings is 1. The summed E-state index contributed by atoms with van der Waals surface area (Å²) in [6.07, 6.45) is 1.63. The van der Waals surface area contributed by atoms with Gasteiger partial charge in [-0.3, -0.25) is 4.79 Å². The molecule has 1 aromatic carbocycles. The molecule has 2 rings (SSSR count). The molecule has 92 valence electrons. The Bertz CT molecular complexity index is 593. The minimum Gasteiger partial charge on any atom is -0.319 e. The second-order valence-electron chi connectivity index (χ2n) is 4.19. The molecule has 4 heteroatoms. The SMILES string of the molecule is Cc1ncc(NC(=O)c2ccccc2C)c(C)n1. The van der Waals surface area contributed by atoms with Crippen LogP contribution < -0.4 is 5.32 Å². The van der Waals surface area contributed by atoms with Crippen molar-refractivity contribution in [3.8, 4) is 0 Å². The van der Waals surface area contributed by atoms with E-state index in [2.05, 4.69) is 15.3 Å². The molecular formula is C14H15N3O. The number of hydrogen-bond donors (Lipinski definition) is 1. The van der Waals surface area contributed by atoms with Crippen molar-refractivity contribution in [2.45, 2.75) is 20.8 Å². The molecule has 1 aromatic heterocycles. The number of aryl methyl sites for hydroxylation is 3. The number of amides is 1. The minimum absolute atomic E-state index is 0.136. The van der Waals surface area contributed by atoms with E-state index in [9.17, 15) is 4.79 Å². The first-order valence-electron chi connectivity index (χ1n) is 5.75. The average molecular weight is 241 g/mol. The summed E-state index contributed by atoms with van der Waals surface area (Å²) in [4.78, 5) is 20.4. The Morgan fingerprint density at radius 1 is 1.17 bits per heavy atom. The van der Waals surface area contributed by atoms with Crippen molar-refractivity contribution in [1.82, 2.24) is 9.97 Å². The standard InChI is InChI=1S/C14H15N3O/c1-9-6-4-5-7-12(9)14(18)17-13-8-15-11(3)16-10(13)2/h4-8H,1-3H3,(H,17,18). The molecule has 1 N–H and O–H groups in total. The van der Waals surface area contributed by atoms with E-state index < -0.39 is 0 Å². The molecule has 0 aliphatic carbocycles. The second-order valence-corrected chi connectivity index (χ2v) is 4.19. The van der Waals surface area contributed by atoms with Crippen LogP contribution in [-0.2, 0) is 0 Å². The highest BCUT2D eigenvalue weighted by molar-refractivity contribution is 6.05. The van der Waals surface area contributed by atoms with Crippen molar-refractivity contribution in [1.29, 1.82) is 0 Å². The Kier molecular flexibility index (Phi) is 3.37. The number of carbonyl (C=O) groups is 1. The normalized spacial score (nSPS) is 10.2. The van der Waals surface area contributed by atoms with E-state index in [0.29, 0.717) is 17.1 Å². The summed E-state index contributed by atoms with van der Waals surface area (Å²) in [6.45, 7) is 5.58. The lowest BCUT2D eigenvalue weighted by molar-refractivity contribution is 0.102. The Balaban J connectivity index is 2.24. The smallest absolute Gasteiger partial charge is 0.256 e. The number of anilines is 1. The van der Waals surface area contributed by atoms with Crippen LogP contribution in [0.25, 0.3) is 0 Å². The fraction of sp³-hybridized carbons (Fsp3) is 0.214. The summed E-state index contributed by atoms with van der Waals surface area (Å²) in [5, 5.41) is 2.83. The number of nitrogens with zero attached hydrogens (tertiary/aromatic N) is 2. The zero-order chi connectivity index (χ0) is 13.1. The molecule has 4 nitrogen and oxygen atoms in total. The lowest BCUT2D eigenvalue weighted by Crippen LogP contribution is -2.15. The van der Waals surface area contributed by atoms with Crippen molar-refractivity contribution < 1.29 is 4.79 Å². The summed E-state index contributed by atoms with van der Waals surface area (Å²) in [5.74, 6) is 0.560. The van der Waals surface area contributed by atoms with E-state index in [1.807, 2.05) is 39.0 Å². The van der Waals surface area contributed by atoms with Gasteiger partial charge in [0.15, 0.2) is 0 Å². The molecule has 0 spiro atoms. The molecule has 2 aromatic rings. The Morgan fingerprint density at radius 3 is 2.56 bits per heavy atom. The number of rotatable bonds is 2. The zero-order valence-corrected chi connectivity index (χ0v) is 10.7. The molecule has 1 amide bonds. The predicted molar refractivity (Wildman–Crippen MR) is 70.6 cm³/mol. The van der Waals surface area contributed by atoms with Gasteiger partial charge < -0.3 is 5.32 Å². The molecule has 0 bridgehead atoms. The molecule has 0 aliphatic heterocycles. The van der Waals surface area contributed by atoms with Crippen LogP contribution in [0.3, 0.4) is 0 Å². The number of carbonyl (C=O) groups excluding carboxylic acids is 1. The molecule has 0 saturated carbocycles. The molecule has 0 saturated heterocycles. The van der Waals surface area contributed by atoms with Crippen LogP contribution in [0.2, 0.25) is 0 Å². The fourth-order valence-corrected chi connectivity index (χ4v) is 1.72. The predicted octanol–water partition coefficient (Wildman–Crippen LogP) is 2.65. The highest BCUT2D eigenvalue weighted by Crippen LogP contribution is 2.14. The van der Waals surface area contributed by atoms with E-state index >= 15 is 0 Å². The first-order valence-corrected chi connectivity index (χ1v) is 5.75. The van der Waals surface area contributed by atoms with Gasteiger partial charge in [0.1, 0.15) is 5.82 Å². The fourth-order valence-electron chi connectivity index (χ4n) is 1.72. The maximum absolute atomic E-state index is 12.1. The zero-order valence-electron chi connectivity index (χ0n) is 10.7. The van der Waals surface area contributed by atoms with E-state index in [4.69, 9.17) is 0 Å². The van der Waals surface area contributed by atoms with Crippen LogP contribution in [0.15, 0.2) is 30.5 Å². The van der Waals surface area contributed by atoms with Crippen LogP contribution >= 0.6 is 0 Å². The summed E-state index contributed by atoms with van der Waals surface area (Å²) < 4.78 is 0. The monoisotopic (exact) mass is 241 g/mol. The third kappa shape index (κ3) is 2.53. The molecule has 0 unspecified atom stereocenters. The van der Waals surface area contributed by atoms with Gasteiger partial charge in [-0.25, -0.2) is 9.97 Å². The van der Waals surface area contributed by atoms with Crippen LogP contribution in [0.4, 0.5) is 5.69 Å². The van der Waals surface area contributed by atoms with Gasteiger partial charge in [-0.2, -0.15) is 0 Å². The van der Waals surface area contributed by atoms with Gasteiger partial charge in [0.05, 0.1) is 17.6 Å². The largest absolute Gasteiger partial charge is 0.319 e. The molecule has 0 radical (unpaired) electrons. The van der Waals surface area contributed by atoms with E-state index in [1.165, 1.54) is 0 Å². The minimum atomic E-state index is -0.136. The van der Waals surface area contributed by atoms with E-state index in [-0.39, 0.29) is 5.91 Å². The van der Waals surface area contributed by atoms with Crippen LogP contribution in [0.1, 0.15) is 27.4 Å². The van der Waals surface area contributed by atoms with E-state index in [1.54, 1.807) is 12.3 Å². The topological polar surface area (TPSA) is 54.9 Å². The molecule has 18 heavy (non-hydrogen) atoms. The molecule has 0 atom stereocenters. The van der Waals surface area contributed by atoms with E-state index in [0.717, 1.165) is 11.3 Å². The van der Waals surface area contributed by atoms with Crippen LogP contribution in [0.5, 0.6) is 0 Å². The third-order valence-electron chi connectivity index (χ3n) is 2.74. The molecule has 0 fully saturated rings. The maximum atomic E-state index is 12.1. The van der Waals surface area contributed by atoms with Gasteiger partial charge in [0, 0.05) is 5.56 Å². The lowest BCUT2D eigenvalue weighted by atomic mass is 10.1. The van der Waals surface area contributed by atoms with Crippen molar-refractivity contribution in [3.05, 3.63) is 53.1 Å². The van der Waals surface area contributed by atoms with Gasteiger partial charge in [0.25, 0.3) is 5.91 Å². The lowest BCUT2D eigenvalue weighted by Gasteiger charge is -2.09. The summed E-state index contributed by atoms with van der Waals surface area (Å²) in [7, 11) is 0. The van der Waals surface area contributed by atoms with Gasteiger partial charge in [-0.15, -0.1) is 0 Å². The first-order chi connectivity index (χ1) is 8.58. The summed E-state index contributed by atoms with van der Waals surface area (Å²) in [5.41, 5.74) is 3.02. The van der Waals surface area contributed by atoms with Crippen molar-refractivity contribution in [2.75, 3.05) is 5.32 Å². The highest BCUT2D eigenvalue weighted by Gasteiger charge is 2.10. The van der Waals surface area contributed by atoms with Gasteiger partial charge in [-0.1, -0.05) is 18.2 Å². The number of nitrogens with one attached hydrogen (secondary N) is 1. The second kappa shape index (κ2) is 4.96. The number of hydrogen-bond acceptors (Lipinski definition) is 3. The quantitative estimate of drug-likeness (QED) is 0.879. The van der Waals surface area contributed by atoms with Crippen molar-refractivity contribution in [2.24, 2.45) is 0 Å². The van der Waals surface area contributed by atoms with Crippen molar-refractivity contribution in [3.63, 3.8) is 0 Å². The molecule has 0 aliphatic rings. The van der Waals surface area contributed by atoms with Gasteiger partial charge in [-0.05, 0) is 32.4 Å². The molecule has 1 heterocycles. The molecular weight excluding hydrogens is 226 g/mol. The highest BCUT2D eigenvalue weighted by atomic mass is 16.1. The third-order valence-corrected chi connectivity index (χ3v) is 2.74. The average Bonchev–Trinajstić information content (AvgIpc) is 2.33. The Hall–Kier alpha value is -2.23. The van der Waals surface area contributed by atoms with Crippen molar-refractivity contribution >= 4 is 11.6 Å². The van der Waals surface area contributed by atoms with Crippen LogP contribution in [-0.4, -0.2) is 15.9 Å². The number of aromatic nitrogens is 2.